The predicted molar refractivity (Wildman–Crippen MR) is 95.5 cm³/mol. The molecule has 1 amide bonds. The summed E-state index contributed by atoms with van der Waals surface area (Å²) < 4.78 is 5.38. The molecule has 1 aromatic heterocycles. The minimum Gasteiger partial charge on any atom is -0.380 e. The Kier molecular flexibility index (Phi) is 5.60. The highest BCUT2D eigenvalue weighted by Crippen LogP contribution is 2.26. The number of benzene rings is 1. The molecule has 1 fully saturated rings. The van der Waals surface area contributed by atoms with Crippen LogP contribution in [0.4, 0.5) is 0 Å². The van der Waals surface area contributed by atoms with Gasteiger partial charge in [0.25, 0.3) is 0 Å². The molecule has 1 saturated carbocycles. The first kappa shape index (κ1) is 17.1. The van der Waals surface area contributed by atoms with Gasteiger partial charge in [-0.1, -0.05) is 30.3 Å². The molecule has 1 aliphatic carbocycles. The van der Waals surface area contributed by atoms with Gasteiger partial charge in [0.1, 0.15) is 5.01 Å². The van der Waals surface area contributed by atoms with E-state index in [-0.39, 0.29) is 24.0 Å². The second-order valence-electron chi connectivity index (χ2n) is 6.16. The third kappa shape index (κ3) is 4.01. The van der Waals surface area contributed by atoms with Gasteiger partial charge < -0.3 is 15.8 Å². The molecule has 0 bridgehead atoms. The van der Waals surface area contributed by atoms with E-state index in [0.29, 0.717) is 13.0 Å². The molecule has 5 nitrogen and oxygen atoms in total. The molecule has 3 rings (SSSR count). The van der Waals surface area contributed by atoms with Crippen LogP contribution < -0.4 is 11.1 Å². The lowest BCUT2D eigenvalue weighted by Crippen LogP contribution is -2.45. The van der Waals surface area contributed by atoms with E-state index in [1.807, 2.05) is 35.7 Å². The van der Waals surface area contributed by atoms with Gasteiger partial charge in [-0.15, -0.1) is 11.3 Å². The molecule has 24 heavy (non-hydrogen) atoms. The summed E-state index contributed by atoms with van der Waals surface area (Å²) in [5, 5.41) is 5.95. The molecule has 3 atom stereocenters. The molecule has 6 heteroatoms. The Morgan fingerprint density at radius 1 is 1.38 bits per heavy atom. The Morgan fingerprint density at radius 3 is 2.92 bits per heavy atom. The van der Waals surface area contributed by atoms with Crippen molar-refractivity contribution in [3.05, 3.63) is 40.7 Å². The molecule has 0 aliphatic heterocycles. The molecule has 3 N–H and O–H groups in total. The van der Waals surface area contributed by atoms with Gasteiger partial charge in [0.05, 0.1) is 18.3 Å². The molecular weight excluding hydrogens is 322 g/mol. The van der Waals surface area contributed by atoms with Crippen LogP contribution in [-0.2, 0) is 16.1 Å². The highest BCUT2D eigenvalue weighted by molar-refractivity contribution is 7.09. The predicted octanol–water partition coefficient (Wildman–Crippen LogP) is 2.57. The zero-order valence-electron chi connectivity index (χ0n) is 13.8. The normalized spacial score (nSPS) is 23.8. The standard InChI is InChI=1S/C18H23N3O2S/c1-23-16-9-13(7-8-14(16)19)18(22)20-10-17-21-15(11-24-17)12-5-3-2-4-6-12/h2-6,11,13-14,16H,7-10,19H2,1H3,(H,20,22)/t13-,14+,16+/m0/s1. The molecule has 1 aliphatic rings. The first-order chi connectivity index (χ1) is 11.7. The first-order valence-corrected chi connectivity index (χ1v) is 9.11. The van der Waals surface area contributed by atoms with Crippen molar-refractivity contribution in [2.45, 2.75) is 38.0 Å². The van der Waals surface area contributed by atoms with Gasteiger partial charge in [0, 0.05) is 30.0 Å². The summed E-state index contributed by atoms with van der Waals surface area (Å²) in [4.78, 5) is 17.0. The summed E-state index contributed by atoms with van der Waals surface area (Å²) in [6, 6.07) is 10.1. The number of hydrogen-bond acceptors (Lipinski definition) is 5. The Labute approximate surface area is 146 Å². The lowest BCUT2D eigenvalue weighted by Gasteiger charge is -2.32. The lowest BCUT2D eigenvalue weighted by atomic mass is 9.83. The maximum atomic E-state index is 12.4. The summed E-state index contributed by atoms with van der Waals surface area (Å²) in [7, 11) is 1.66. The van der Waals surface area contributed by atoms with E-state index in [4.69, 9.17) is 10.5 Å². The number of thiazole rings is 1. The SMILES string of the molecule is CO[C@@H]1C[C@@H](C(=O)NCc2nc(-c3ccccc3)cs2)CC[C@H]1N. The van der Waals surface area contributed by atoms with Crippen molar-refractivity contribution >= 4 is 17.2 Å². The quantitative estimate of drug-likeness (QED) is 0.873. The Balaban J connectivity index is 1.54. The maximum absolute atomic E-state index is 12.4. The Morgan fingerprint density at radius 2 is 2.17 bits per heavy atom. The van der Waals surface area contributed by atoms with Crippen LogP contribution >= 0.6 is 11.3 Å². The highest BCUT2D eigenvalue weighted by atomic mass is 32.1. The maximum Gasteiger partial charge on any atom is 0.223 e. The smallest absolute Gasteiger partial charge is 0.223 e. The van der Waals surface area contributed by atoms with Crippen LogP contribution in [0.3, 0.4) is 0 Å². The number of aromatic nitrogens is 1. The fourth-order valence-corrected chi connectivity index (χ4v) is 3.85. The van der Waals surface area contributed by atoms with Crippen LogP contribution in [0, 0.1) is 5.92 Å². The van der Waals surface area contributed by atoms with Gasteiger partial charge in [-0.25, -0.2) is 4.98 Å². The molecule has 1 heterocycles. The van der Waals surface area contributed by atoms with Crippen molar-refractivity contribution in [1.29, 1.82) is 0 Å². The number of amides is 1. The van der Waals surface area contributed by atoms with Gasteiger partial charge in [-0.2, -0.15) is 0 Å². The number of hydrogen-bond donors (Lipinski definition) is 2. The van der Waals surface area contributed by atoms with Crippen LogP contribution in [0.2, 0.25) is 0 Å². The molecule has 0 radical (unpaired) electrons. The zero-order chi connectivity index (χ0) is 16.9. The topological polar surface area (TPSA) is 77.2 Å². The van der Waals surface area contributed by atoms with Gasteiger partial charge >= 0.3 is 0 Å². The van der Waals surface area contributed by atoms with Gasteiger partial charge in [0.2, 0.25) is 5.91 Å². The third-order valence-electron chi connectivity index (χ3n) is 4.55. The van der Waals surface area contributed by atoms with Gasteiger partial charge in [-0.3, -0.25) is 4.79 Å². The second kappa shape index (κ2) is 7.88. The van der Waals surface area contributed by atoms with Crippen LogP contribution in [0.1, 0.15) is 24.3 Å². The van der Waals surface area contributed by atoms with E-state index in [1.165, 1.54) is 0 Å². The van der Waals surface area contributed by atoms with E-state index < -0.39 is 0 Å². The largest absolute Gasteiger partial charge is 0.380 e. The lowest BCUT2D eigenvalue weighted by molar-refractivity contribution is -0.128. The van der Waals surface area contributed by atoms with Crippen molar-refractivity contribution in [2.75, 3.05) is 7.11 Å². The summed E-state index contributed by atoms with van der Waals surface area (Å²) >= 11 is 1.57. The summed E-state index contributed by atoms with van der Waals surface area (Å²) in [6.07, 6.45) is 2.31. The third-order valence-corrected chi connectivity index (χ3v) is 5.40. The number of carbonyl (C=O) groups is 1. The minimum atomic E-state index is -0.0287. The number of carbonyl (C=O) groups excluding carboxylic acids is 1. The molecule has 0 saturated heterocycles. The van der Waals surface area contributed by atoms with Crippen LogP contribution in [0.15, 0.2) is 35.7 Å². The van der Waals surface area contributed by atoms with Crippen LogP contribution in [0.25, 0.3) is 11.3 Å². The average Bonchev–Trinajstić information content (AvgIpc) is 3.10. The monoisotopic (exact) mass is 345 g/mol. The van der Waals surface area contributed by atoms with E-state index >= 15 is 0 Å². The molecule has 0 unspecified atom stereocenters. The number of methoxy groups -OCH3 is 1. The first-order valence-electron chi connectivity index (χ1n) is 8.23. The van der Waals surface area contributed by atoms with E-state index in [9.17, 15) is 4.79 Å². The van der Waals surface area contributed by atoms with Crippen LogP contribution in [-0.4, -0.2) is 30.1 Å². The highest BCUT2D eigenvalue weighted by Gasteiger charge is 2.31. The summed E-state index contributed by atoms with van der Waals surface area (Å²) in [5.74, 6) is 0.0451. The number of nitrogens with one attached hydrogen (secondary N) is 1. The summed E-state index contributed by atoms with van der Waals surface area (Å²) in [5.41, 5.74) is 8.05. The van der Waals surface area contributed by atoms with Crippen molar-refractivity contribution < 1.29 is 9.53 Å². The van der Waals surface area contributed by atoms with E-state index in [0.717, 1.165) is 29.1 Å². The zero-order valence-corrected chi connectivity index (χ0v) is 14.6. The molecular formula is C18H23N3O2S. The van der Waals surface area contributed by atoms with Crippen molar-refractivity contribution in [2.24, 2.45) is 11.7 Å². The van der Waals surface area contributed by atoms with Gasteiger partial charge in [0.15, 0.2) is 0 Å². The Hall–Kier alpha value is -1.76. The molecule has 2 aromatic rings. The number of rotatable bonds is 5. The minimum absolute atomic E-state index is 0.0247. The average molecular weight is 345 g/mol. The molecule has 1 aromatic carbocycles. The van der Waals surface area contributed by atoms with Crippen LogP contribution in [0.5, 0.6) is 0 Å². The molecule has 0 spiro atoms. The molecule has 128 valence electrons. The fraction of sp³-hybridized carbons (Fsp3) is 0.444. The number of nitrogens with zero attached hydrogens (tertiary/aromatic N) is 1. The number of ether oxygens (including phenoxy) is 1. The van der Waals surface area contributed by atoms with Crippen molar-refractivity contribution in [1.82, 2.24) is 10.3 Å². The van der Waals surface area contributed by atoms with E-state index in [2.05, 4.69) is 10.3 Å². The fourth-order valence-electron chi connectivity index (χ4n) is 3.10. The van der Waals surface area contributed by atoms with E-state index in [1.54, 1.807) is 18.4 Å². The van der Waals surface area contributed by atoms with Gasteiger partial charge in [-0.05, 0) is 19.3 Å². The Bertz CT molecular complexity index is 674. The number of nitrogens with two attached hydrogens (primary N) is 1. The van der Waals surface area contributed by atoms with Crippen molar-refractivity contribution in [3.8, 4) is 11.3 Å². The summed E-state index contributed by atoms with van der Waals surface area (Å²) in [6.45, 7) is 0.469. The van der Waals surface area contributed by atoms with Crippen molar-refractivity contribution in [3.63, 3.8) is 0 Å². The second-order valence-corrected chi connectivity index (χ2v) is 7.10.